The zero-order valence-corrected chi connectivity index (χ0v) is 20.2. The molecule has 2 aromatic carbocycles. The summed E-state index contributed by atoms with van der Waals surface area (Å²) in [4.78, 5) is 40.1. The summed E-state index contributed by atoms with van der Waals surface area (Å²) < 4.78 is 17.6. The molecule has 0 aliphatic heterocycles. The molecule has 0 aliphatic carbocycles. The Balaban J connectivity index is 2.22. The number of nitrogens with zero attached hydrogens (tertiary/aromatic N) is 2. The maximum Gasteiger partial charge on any atom is 0.273 e. The number of nitrogens with one attached hydrogen (secondary N) is 1. The lowest BCUT2D eigenvalue weighted by atomic mass is 10.0. The summed E-state index contributed by atoms with van der Waals surface area (Å²) in [5.41, 5.74) is 10.9. The van der Waals surface area contributed by atoms with Gasteiger partial charge in [-0.2, -0.15) is 4.37 Å². The normalized spacial score (nSPS) is 12.1. The van der Waals surface area contributed by atoms with Crippen LogP contribution in [0.25, 0.3) is 0 Å². The zero-order valence-electron chi connectivity index (χ0n) is 18.6. The third-order valence-electron chi connectivity index (χ3n) is 4.67. The van der Waals surface area contributed by atoms with Crippen LogP contribution in [0.2, 0.25) is 5.02 Å². The van der Waals surface area contributed by atoms with E-state index in [9.17, 15) is 18.8 Å². The molecule has 8 nitrogen and oxygen atoms in total. The van der Waals surface area contributed by atoms with E-state index in [0.29, 0.717) is 27.8 Å². The number of hydrogen-bond acceptors (Lipinski definition) is 6. The summed E-state index contributed by atoms with van der Waals surface area (Å²) in [7, 11) is 0. The van der Waals surface area contributed by atoms with Crippen molar-refractivity contribution in [2.45, 2.75) is 32.4 Å². The van der Waals surface area contributed by atoms with Gasteiger partial charge >= 0.3 is 0 Å². The molecule has 0 radical (unpaired) electrons. The van der Waals surface area contributed by atoms with Crippen molar-refractivity contribution in [2.75, 3.05) is 10.6 Å². The van der Waals surface area contributed by atoms with Crippen molar-refractivity contribution < 1.29 is 18.8 Å². The van der Waals surface area contributed by atoms with Crippen LogP contribution in [0.3, 0.4) is 0 Å². The largest absolute Gasteiger partial charge is 0.395 e. The highest BCUT2D eigenvalue weighted by atomic mass is 35.5. The van der Waals surface area contributed by atoms with Crippen LogP contribution in [0, 0.1) is 5.82 Å². The molecule has 0 aliphatic rings. The Labute approximate surface area is 204 Å². The number of amides is 3. The summed E-state index contributed by atoms with van der Waals surface area (Å²) in [6.45, 7) is 5.38. The highest BCUT2D eigenvalue weighted by Gasteiger charge is 2.37. The van der Waals surface area contributed by atoms with E-state index in [1.54, 1.807) is 45.0 Å². The number of anilines is 2. The van der Waals surface area contributed by atoms with E-state index in [2.05, 4.69) is 9.69 Å². The monoisotopic (exact) mass is 503 g/mol. The van der Waals surface area contributed by atoms with E-state index in [-0.39, 0.29) is 16.3 Å². The summed E-state index contributed by atoms with van der Waals surface area (Å²) in [6, 6.07) is 10.3. The second-order valence-corrected chi connectivity index (χ2v) is 9.69. The molecule has 0 saturated carbocycles. The van der Waals surface area contributed by atoms with E-state index in [1.165, 1.54) is 29.2 Å². The van der Waals surface area contributed by atoms with Gasteiger partial charge in [0.15, 0.2) is 5.69 Å². The average Bonchev–Trinajstić information content (AvgIpc) is 3.13. The third kappa shape index (κ3) is 5.52. The van der Waals surface area contributed by atoms with Gasteiger partial charge in [-0.25, -0.2) is 4.39 Å². The van der Waals surface area contributed by atoms with Crippen LogP contribution in [0.4, 0.5) is 15.8 Å². The summed E-state index contributed by atoms with van der Waals surface area (Å²) in [5, 5.41) is 3.29. The molecule has 1 heterocycles. The Morgan fingerprint density at radius 1 is 1.09 bits per heavy atom. The smallest absolute Gasteiger partial charge is 0.273 e. The molecule has 3 aromatic rings. The van der Waals surface area contributed by atoms with Crippen LogP contribution in [0.5, 0.6) is 0 Å². The molecule has 3 amide bonds. The van der Waals surface area contributed by atoms with Gasteiger partial charge in [0, 0.05) is 16.2 Å². The summed E-state index contributed by atoms with van der Waals surface area (Å²) in [6.07, 6.45) is 0. The standard InChI is InChI=1S/C23H23ClFN5O3S/c1-23(2,3)28-21(32)18(12-4-8-14(25)9-5-12)30(15-10-6-13(24)7-11-15)22(33)19-16(26)17(20(27)31)29-34-19/h4-11,18H,26H2,1-3H3,(H2,27,31)(H,28,32)/t18-/m1/s1. The van der Waals surface area contributed by atoms with Crippen molar-refractivity contribution in [3.63, 3.8) is 0 Å². The molecule has 0 bridgehead atoms. The first kappa shape index (κ1) is 25.1. The van der Waals surface area contributed by atoms with E-state index < -0.39 is 35.1 Å². The van der Waals surface area contributed by atoms with Crippen molar-refractivity contribution in [3.8, 4) is 0 Å². The topological polar surface area (TPSA) is 131 Å². The van der Waals surface area contributed by atoms with Gasteiger partial charge < -0.3 is 16.8 Å². The van der Waals surface area contributed by atoms with Gasteiger partial charge in [0.1, 0.15) is 16.7 Å². The van der Waals surface area contributed by atoms with Gasteiger partial charge in [-0.05, 0) is 74.3 Å². The second kappa shape index (κ2) is 9.78. The molecule has 178 valence electrons. The lowest BCUT2D eigenvalue weighted by Gasteiger charge is -2.33. The number of carbonyl (C=O) groups excluding carboxylic acids is 3. The fourth-order valence-electron chi connectivity index (χ4n) is 3.22. The van der Waals surface area contributed by atoms with Gasteiger partial charge in [-0.1, -0.05) is 23.7 Å². The number of halogens is 2. The molecule has 11 heteroatoms. The van der Waals surface area contributed by atoms with Gasteiger partial charge in [-0.3, -0.25) is 19.3 Å². The van der Waals surface area contributed by atoms with Crippen molar-refractivity contribution in [1.29, 1.82) is 0 Å². The number of benzene rings is 2. The number of aromatic nitrogens is 1. The molecule has 1 aromatic heterocycles. The average molecular weight is 504 g/mol. The predicted octanol–water partition coefficient (Wildman–Crippen LogP) is 3.92. The van der Waals surface area contributed by atoms with E-state index in [1.807, 2.05) is 0 Å². The van der Waals surface area contributed by atoms with Crippen LogP contribution in [0.15, 0.2) is 48.5 Å². The van der Waals surface area contributed by atoms with Crippen LogP contribution in [-0.2, 0) is 4.79 Å². The van der Waals surface area contributed by atoms with E-state index >= 15 is 0 Å². The number of carbonyl (C=O) groups is 3. The lowest BCUT2D eigenvalue weighted by molar-refractivity contribution is -0.123. The van der Waals surface area contributed by atoms with Crippen molar-refractivity contribution in [3.05, 3.63) is 75.5 Å². The minimum Gasteiger partial charge on any atom is -0.395 e. The highest BCUT2D eigenvalue weighted by molar-refractivity contribution is 7.09. The quantitative estimate of drug-likeness (QED) is 0.469. The van der Waals surface area contributed by atoms with Crippen LogP contribution in [0.1, 0.15) is 52.5 Å². The first-order chi connectivity index (χ1) is 15.9. The molecule has 3 rings (SSSR count). The molecule has 0 saturated heterocycles. The maximum atomic E-state index is 13.8. The minimum atomic E-state index is -1.22. The van der Waals surface area contributed by atoms with Gasteiger partial charge in [0.05, 0.1) is 5.69 Å². The molecule has 0 unspecified atom stereocenters. The maximum absolute atomic E-state index is 13.8. The Bertz CT molecular complexity index is 1220. The molecule has 0 spiro atoms. The molecule has 0 fully saturated rings. The summed E-state index contributed by atoms with van der Waals surface area (Å²) in [5.74, 6) is -2.59. The fourth-order valence-corrected chi connectivity index (χ4v) is 4.09. The second-order valence-electron chi connectivity index (χ2n) is 8.48. The van der Waals surface area contributed by atoms with Crippen LogP contribution >= 0.6 is 23.1 Å². The minimum absolute atomic E-state index is 0.0700. The van der Waals surface area contributed by atoms with Gasteiger partial charge in [0.25, 0.3) is 11.8 Å². The molecule has 1 atom stereocenters. The Hall–Kier alpha value is -3.50. The lowest BCUT2D eigenvalue weighted by Crippen LogP contribution is -2.49. The predicted molar refractivity (Wildman–Crippen MR) is 130 cm³/mol. The molecule has 5 N–H and O–H groups in total. The number of nitrogen functional groups attached to an aromatic ring is 1. The molecular formula is C23H23ClFN5O3S. The SMILES string of the molecule is CC(C)(C)NC(=O)[C@@H](c1ccc(F)cc1)N(C(=O)c1snc(C(N)=O)c1N)c1ccc(Cl)cc1. The number of nitrogens with two attached hydrogens (primary N) is 2. The van der Waals surface area contributed by atoms with E-state index in [0.717, 1.165) is 0 Å². The highest BCUT2D eigenvalue weighted by Crippen LogP contribution is 2.34. The van der Waals surface area contributed by atoms with Crippen molar-refractivity contribution >= 4 is 52.2 Å². The summed E-state index contributed by atoms with van der Waals surface area (Å²) >= 11 is 6.73. The van der Waals surface area contributed by atoms with Gasteiger partial charge in [0.2, 0.25) is 5.91 Å². The zero-order chi connectivity index (χ0) is 25.2. The Morgan fingerprint density at radius 2 is 1.68 bits per heavy atom. The number of rotatable bonds is 6. The fraction of sp³-hybridized carbons (Fsp3) is 0.217. The van der Waals surface area contributed by atoms with Crippen molar-refractivity contribution in [2.24, 2.45) is 5.73 Å². The Morgan fingerprint density at radius 3 is 2.18 bits per heavy atom. The van der Waals surface area contributed by atoms with Crippen LogP contribution in [-0.4, -0.2) is 27.6 Å². The number of hydrogen-bond donors (Lipinski definition) is 3. The molecular weight excluding hydrogens is 481 g/mol. The Kier molecular flexibility index (Phi) is 7.23. The first-order valence-corrected chi connectivity index (χ1v) is 11.3. The van der Waals surface area contributed by atoms with Gasteiger partial charge in [-0.15, -0.1) is 0 Å². The van der Waals surface area contributed by atoms with Crippen molar-refractivity contribution in [1.82, 2.24) is 9.69 Å². The van der Waals surface area contributed by atoms with Crippen LogP contribution < -0.4 is 21.7 Å². The first-order valence-electron chi connectivity index (χ1n) is 10.1. The third-order valence-corrected chi connectivity index (χ3v) is 5.77. The molecule has 34 heavy (non-hydrogen) atoms. The number of primary amides is 1. The van der Waals surface area contributed by atoms with E-state index in [4.69, 9.17) is 23.1 Å².